The molecule has 1 aliphatic heterocycles. The number of hydrogen-bond acceptors (Lipinski definition) is 5. The van der Waals surface area contributed by atoms with Crippen molar-refractivity contribution in [2.75, 3.05) is 18.8 Å². The highest BCUT2D eigenvalue weighted by atomic mass is 16.3. The summed E-state index contributed by atoms with van der Waals surface area (Å²) >= 11 is 0. The lowest BCUT2D eigenvalue weighted by Gasteiger charge is -2.40. The first kappa shape index (κ1) is 16.8. The Bertz CT molecular complexity index is 817. The second-order valence-electron chi connectivity index (χ2n) is 7.47. The minimum absolute atomic E-state index is 0.0567. The minimum Gasteiger partial charge on any atom is -0.508 e. The van der Waals surface area contributed by atoms with Crippen LogP contribution in [0.25, 0.3) is 0 Å². The molecule has 6 nitrogen and oxygen atoms in total. The first-order valence-electron chi connectivity index (χ1n) is 9.23. The highest BCUT2D eigenvalue weighted by Gasteiger charge is 2.44. The zero-order chi connectivity index (χ0) is 18.1. The normalized spacial score (nSPS) is 21.8. The molecular formula is C20H24N4O2. The molecule has 3 N–H and O–H groups in total. The average Bonchev–Trinajstić information content (AvgIpc) is 2.98. The summed E-state index contributed by atoms with van der Waals surface area (Å²) < 4.78 is 0. The van der Waals surface area contributed by atoms with Crippen molar-refractivity contribution < 1.29 is 9.90 Å². The van der Waals surface area contributed by atoms with Gasteiger partial charge in [0.05, 0.1) is 5.69 Å². The number of nitrogens with two attached hydrogens (primary N) is 1. The van der Waals surface area contributed by atoms with Crippen LogP contribution >= 0.6 is 0 Å². The molecule has 1 fully saturated rings. The van der Waals surface area contributed by atoms with Crippen molar-refractivity contribution in [1.29, 1.82) is 0 Å². The van der Waals surface area contributed by atoms with Crippen LogP contribution in [0.4, 0.5) is 5.95 Å². The van der Waals surface area contributed by atoms with Gasteiger partial charge in [-0.05, 0) is 55.4 Å². The van der Waals surface area contributed by atoms with E-state index in [1.54, 1.807) is 12.1 Å². The summed E-state index contributed by atoms with van der Waals surface area (Å²) in [6, 6.07) is 7.06. The van der Waals surface area contributed by atoms with Gasteiger partial charge in [-0.3, -0.25) is 4.79 Å². The van der Waals surface area contributed by atoms with Gasteiger partial charge in [0, 0.05) is 31.1 Å². The van der Waals surface area contributed by atoms with Crippen LogP contribution in [0.2, 0.25) is 0 Å². The topological polar surface area (TPSA) is 92.3 Å². The van der Waals surface area contributed by atoms with E-state index in [1.165, 1.54) is 5.56 Å². The number of hydrogen-bond donors (Lipinski definition) is 2. The zero-order valence-electron chi connectivity index (χ0n) is 14.8. The Labute approximate surface area is 153 Å². The summed E-state index contributed by atoms with van der Waals surface area (Å²) in [5.41, 5.74) is 9.06. The van der Waals surface area contributed by atoms with Crippen molar-refractivity contribution in [2.45, 2.75) is 43.9 Å². The first-order valence-corrected chi connectivity index (χ1v) is 9.23. The maximum Gasteiger partial charge on any atom is 0.222 e. The van der Waals surface area contributed by atoms with Gasteiger partial charge in [-0.2, -0.15) is 0 Å². The summed E-state index contributed by atoms with van der Waals surface area (Å²) in [4.78, 5) is 23.4. The van der Waals surface area contributed by atoms with Crippen LogP contribution in [-0.4, -0.2) is 39.0 Å². The van der Waals surface area contributed by atoms with Gasteiger partial charge in [-0.15, -0.1) is 0 Å². The third kappa shape index (κ3) is 3.11. The molecule has 2 heterocycles. The van der Waals surface area contributed by atoms with E-state index in [2.05, 4.69) is 9.97 Å². The number of aromatic hydroxyl groups is 1. The summed E-state index contributed by atoms with van der Waals surface area (Å²) in [6.07, 6.45) is 7.05. The van der Waals surface area contributed by atoms with Gasteiger partial charge in [0.25, 0.3) is 0 Å². The molecule has 1 aromatic heterocycles. The molecule has 2 aromatic rings. The number of nitrogens with zero attached hydrogens (tertiary/aromatic N) is 3. The Morgan fingerprint density at radius 1 is 1.27 bits per heavy atom. The lowest BCUT2D eigenvalue weighted by atomic mass is 9.77. The smallest absolute Gasteiger partial charge is 0.222 e. The molecule has 136 valence electrons. The van der Waals surface area contributed by atoms with E-state index in [0.717, 1.165) is 50.0 Å². The number of benzene rings is 1. The third-order valence-corrected chi connectivity index (χ3v) is 5.75. The Hall–Kier alpha value is -2.63. The molecule has 6 heteroatoms. The number of piperidine rings is 1. The largest absolute Gasteiger partial charge is 0.508 e. The number of likely N-dealkylation sites (tertiary alicyclic amines) is 1. The molecule has 1 unspecified atom stereocenters. The molecule has 26 heavy (non-hydrogen) atoms. The number of carbonyl (C=O) groups excluding carboxylic acids is 1. The summed E-state index contributed by atoms with van der Waals surface area (Å²) in [7, 11) is 0. The molecule has 1 saturated heterocycles. The Morgan fingerprint density at radius 2 is 2.08 bits per heavy atom. The van der Waals surface area contributed by atoms with E-state index >= 15 is 0 Å². The highest BCUT2D eigenvalue weighted by molar-refractivity contribution is 5.76. The van der Waals surface area contributed by atoms with E-state index in [9.17, 15) is 9.90 Å². The molecule has 0 saturated carbocycles. The number of aromatic nitrogens is 2. The number of phenolic OH excluding ortho intramolecular Hbond substituents is 1. The fourth-order valence-corrected chi connectivity index (χ4v) is 4.37. The molecule has 4 rings (SSSR count). The van der Waals surface area contributed by atoms with Crippen molar-refractivity contribution in [1.82, 2.24) is 14.9 Å². The van der Waals surface area contributed by atoms with Gasteiger partial charge < -0.3 is 15.7 Å². The average molecular weight is 352 g/mol. The molecule has 0 bridgehead atoms. The fourth-order valence-electron chi connectivity index (χ4n) is 4.37. The lowest BCUT2D eigenvalue weighted by Crippen LogP contribution is -2.48. The highest BCUT2D eigenvalue weighted by Crippen LogP contribution is 2.44. The number of nitrogen functional groups attached to an aromatic ring is 1. The number of anilines is 1. The summed E-state index contributed by atoms with van der Waals surface area (Å²) in [5.74, 6) is 0.757. The molecule has 1 aliphatic carbocycles. The first-order chi connectivity index (χ1) is 12.6. The van der Waals surface area contributed by atoms with Crippen LogP contribution < -0.4 is 5.73 Å². The van der Waals surface area contributed by atoms with Crippen molar-refractivity contribution in [2.24, 2.45) is 0 Å². The number of aryl methyl sites for hydroxylation is 2. The zero-order valence-corrected chi connectivity index (χ0v) is 14.8. The number of phenols is 1. The standard InChI is InChI=1S/C20H24N4O2/c21-19-22-12-15-8-10-20(18(15)23-19)9-1-11-24(13-20)17(26)7-4-14-2-5-16(25)6-3-14/h2-3,5-6,12,25H,1,4,7-11,13H2,(H2,21,22,23). The maximum absolute atomic E-state index is 12.8. The van der Waals surface area contributed by atoms with E-state index in [4.69, 9.17) is 5.73 Å². The van der Waals surface area contributed by atoms with Gasteiger partial charge in [0.15, 0.2) is 0 Å². The monoisotopic (exact) mass is 352 g/mol. The molecule has 1 spiro atoms. The molecule has 1 amide bonds. The summed E-state index contributed by atoms with van der Waals surface area (Å²) in [6.45, 7) is 1.54. The van der Waals surface area contributed by atoms with Crippen molar-refractivity contribution >= 4 is 11.9 Å². The van der Waals surface area contributed by atoms with Crippen LogP contribution in [0.5, 0.6) is 5.75 Å². The Morgan fingerprint density at radius 3 is 2.88 bits per heavy atom. The SMILES string of the molecule is Nc1ncc2c(n1)C1(CCCN(C(=O)CCc3ccc(O)cc3)C1)CC2. The second-order valence-corrected chi connectivity index (χ2v) is 7.47. The van der Waals surface area contributed by atoms with Crippen molar-refractivity contribution in [3.63, 3.8) is 0 Å². The molecule has 1 atom stereocenters. The minimum atomic E-state index is -0.0567. The van der Waals surface area contributed by atoms with Crippen LogP contribution in [0.15, 0.2) is 30.5 Å². The molecular weight excluding hydrogens is 328 g/mol. The number of carbonyl (C=O) groups is 1. The van der Waals surface area contributed by atoms with Gasteiger partial charge in [0.2, 0.25) is 11.9 Å². The summed E-state index contributed by atoms with van der Waals surface area (Å²) in [5, 5.41) is 9.36. The maximum atomic E-state index is 12.8. The van der Waals surface area contributed by atoms with Crippen LogP contribution in [0, 0.1) is 0 Å². The van der Waals surface area contributed by atoms with E-state index in [-0.39, 0.29) is 17.1 Å². The second kappa shape index (κ2) is 6.59. The number of fused-ring (bicyclic) bond motifs is 2. The lowest BCUT2D eigenvalue weighted by molar-refractivity contribution is -0.133. The van der Waals surface area contributed by atoms with Gasteiger partial charge in [-0.25, -0.2) is 9.97 Å². The van der Waals surface area contributed by atoms with E-state index in [0.29, 0.717) is 18.8 Å². The van der Waals surface area contributed by atoms with Crippen molar-refractivity contribution in [3.8, 4) is 5.75 Å². The molecule has 2 aliphatic rings. The van der Waals surface area contributed by atoms with Gasteiger partial charge in [-0.1, -0.05) is 12.1 Å². The van der Waals surface area contributed by atoms with Crippen LogP contribution in [-0.2, 0) is 23.1 Å². The quantitative estimate of drug-likeness (QED) is 0.883. The number of rotatable bonds is 3. The number of amides is 1. The van der Waals surface area contributed by atoms with Gasteiger partial charge in [0.1, 0.15) is 5.75 Å². The predicted molar refractivity (Wildman–Crippen MR) is 98.7 cm³/mol. The molecule has 1 aromatic carbocycles. The fraction of sp³-hybridized carbons (Fsp3) is 0.450. The third-order valence-electron chi connectivity index (χ3n) is 5.75. The Kier molecular flexibility index (Phi) is 4.26. The van der Waals surface area contributed by atoms with Crippen LogP contribution in [0.3, 0.4) is 0 Å². The van der Waals surface area contributed by atoms with E-state index in [1.807, 2.05) is 23.2 Å². The Balaban J connectivity index is 1.45. The van der Waals surface area contributed by atoms with Crippen LogP contribution in [0.1, 0.15) is 42.5 Å². The van der Waals surface area contributed by atoms with Crippen molar-refractivity contribution in [3.05, 3.63) is 47.3 Å². The van der Waals surface area contributed by atoms with E-state index < -0.39 is 0 Å². The van der Waals surface area contributed by atoms with Gasteiger partial charge >= 0.3 is 0 Å². The predicted octanol–water partition coefficient (Wildman–Crippen LogP) is 2.20. The molecule has 0 radical (unpaired) electrons.